The van der Waals surface area contributed by atoms with Gasteiger partial charge in [-0.25, -0.2) is 4.79 Å². The van der Waals surface area contributed by atoms with Crippen LogP contribution in [0.25, 0.3) is 0 Å². The first kappa shape index (κ1) is 12.9. The third-order valence-electron chi connectivity index (χ3n) is 1.43. The quantitative estimate of drug-likeness (QED) is 0.547. The molecule has 82 valence electrons. The van der Waals surface area contributed by atoms with Crippen molar-refractivity contribution in [3.63, 3.8) is 0 Å². The van der Waals surface area contributed by atoms with Crippen LogP contribution in [0.4, 0.5) is 0 Å². The predicted octanol–water partition coefficient (Wildman–Crippen LogP) is -1.20. The molecule has 0 aromatic carbocycles. The molecule has 0 saturated carbocycles. The summed E-state index contributed by atoms with van der Waals surface area (Å²) in [7, 11) is 0. The molecule has 0 bridgehead atoms. The molecule has 6 heteroatoms. The van der Waals surface area contributed by atoms with Crippen LogP contribution in [-0.2, 0) is 19.1 Å². The van der Waals surface area contributed by atoms with Crippen LogP contribution in [0.15, 0.2) is 0 Å². The highest BCUT2D eigenvalue weighted by molar-refractivity contribution is 5.85. The van der Waals surface area contributed by atoms with Gasteiger partial charge in [-0.1, -0.05) is 0 Å². The summed E-state index contributed by atoms with van der Waals surface area (Å²) in [5.41, 5.74) is 5.25. The van der Waals surface area contributed by atoms with Gasteiger partial charge in [-0.2, -0.15) is 0 Å². The van der Waals surface area contributed by atoms with Gasteiger partial charge in [0.05, 0.1) is 13.2 Å². The topological polar surface area (TPSA) is 98.9 Å². The Balaban J connectivity index is 4.16. The molecule has 0 aromatic heterocycles. The molecule has 6 nitrogen and oxygen atoms in total. The van der Waals surface area contributed by atoms with Crippen molar-refractivity contribution < 1.29 is 24.2 Å². The second-order valence-electron chi connectivity index (χ2n) is 2.47. The zero-order chi connectivity index (χ0) is 11.1. The van der Waals surface area contributed by atoms with E-state index >= 15 is 0 Å². The molecule has 2 atom stereocenters. The van der Waals surface area contributed by atoms with E-state index in [1.165, 1.54) is 0 Å². The van der Waals surface area contributed by atoms with E-state index in [9.17, 15) is 14.7 Å². The number of carbonyl (C=O) groups is 2. The van der Waals surface area contributed by atoms with Gasteiger partial charge in [-0.3, -0.25) is 4.79 Å². The van der Waals surface area contributed by atoms with Crippen LogP contribution in [0.1, 0.15) is 13.8 Å². The molecule has 0 aliphatic carbocycles. The number of esters is 2. The number of aliphatic hydroxyl groups excluding tert-OH is 1. The lowest BCUT2D eigenvalue weighted by molar-refractivity contribution is -0.161. The molecule has 0 amide bonds. The molecule has 0 fully saturated rings. The minimum Gasteiger partial charge on any atom is -0.465 e. The van der Waals surface area contributed by atoms with Crippen LogP contribution >= 0.6 is 0 Å². The first-order chi connectivity index (χ1) is 6.54. The van der Waals surface area contributed by atoms with E-state index < -0.39 is 24.1 Å². The molecule has 14 heavy (non-hydrogen) atoms. The Morgan fingerprint density at radius 3 is 2.07 bits per heavy atom. The maximum absolute atomic E-state index is 11.0. The van der Waals surface area contributed by atoms with Crippen LogP contribution in [-0.4, -0.2) is 42.4 Å². The van der Waals surface area contributed by atoms with Gasteiger partial charge < -0.3 is 20.3 Å². The third kappa shape index (κ3) is 3.71. The Morgan fingerprint density at radius 1 is 1.21 bits per heavy atom. The molecule has 0 aliphatic heterocycles. The monoisotopic (exact) mass is 205 g/mol. The number of rotatable bonds is 5. The fourth-order valence-electron chi connectivity index (χ4n) is 0.742. The van der Waals surface area contributed by atoms with Crippen LogP contribution in [0, 0.1) is 0 Å². The summed E-state index contributed by atoms with van der Waals surface area (Å²) in [4.78, 5) is 21.9. The Hall–Kier alpha value is -1.14. The zero-order valence-electron chi connectivity index (χ0n) is 8.23. The summed E-state index contributed by atoms with van der Waals surface area (Å²) in [6.07, 6.45) is -1.67. The summed E-state index contributed by atoms with van der Waals surface area (Å²) < 4.78 is 9.00. The number of aliphatic hydroxyl groups is 1. The number of nitrogens with two attached hydrogens (primary N) is 1. The molecule has 0 heterocycles. The smallest absolute Gasteiger partial charge is 0.337 e. The summed E-state index contributed by atoms with van der Waals surface area (Å²) >= 11 is 0. The van der Waals surface area contributed by atoms with Crippen molar-refractivity contribution in [3.8, 4) is 0 Å². The van der Waals surface area contributed by atoms with Crippen molar-refractivity contribution in [2.75, 3.05) is 13.2 Å². The van der Waals surface area contributed by atoms with Gasteiger partial charge in [-0.15, -0.1) is 0 Å². The van der Waals surface area contributed by atoms with Crippen molar-refractivity contribution in [2.45, 2.75) is 26.0 Å². The second kappa shape index (κ2) is 6.33. The Morgan fingerprint density at radius 2 is 1.64 bits per heavy atom. The average molecular weight is 205 g/mol. The van der Waals surface area contributed by atoms with E-state index in [-0.39, 0.29) is 13.2 Å². The van der Waals surface area contributed by atoms with E-state index in [0.717, 1.165) is 0 Å². The molecule has 0 aliphatic rings. The van der Waals surface area contributed by atoms with E-state index in [0.29, 0.717) is 0 Å². The van der Waals surface area contributed by atoms with Crippen molar-refractivity contribution in [3.05, 3.63) is 0 Å². The highest BCUT2D eigenvalue weighted by Crippen LogP contribution is 1.97. The Bertz CT molecular complexity index is 184. The van der Waals surface area contributed by atoms with Gasteiger partial charge in [0.1, 0.15) is 6.04 Å². The van der Waals surface area contributed by atoms with Gasteiger partial charge in [-0.05, 0) is 13.8 Å². The lowest BCUT2D eigenvalue weighted by Gasteiger charge is -2.15. The maximum atomic E-state index is 11.0. The van der Waals surface area contributed by atoms with Crippen molar-refractivity contribution in [1.82, 2.24) is 0 Å². The van der Waals surface area contributed by atoms with Crippen molar-refractivity contribution in [1.29, 1.82) is 0 Å². The highest BCUT2D eigenvalue weighted by atomic mass is 16.6. The molecular formula is C8H15NO5. The predicted molar refractivity (Wildman–Crippen MR) is 47.2 cm³/mol. The highest BCUT2D eigenvalue weighted by Gasteiger charge is 2.30. The lowest BCUT2D eigenvalue weighted by atomic mass is 10.2. The van der Waals surface area contributed by atoms with Crippen molar-refractivity contribution in [2.24, 2.45) is 5.73 Å². The van der Waals surface area contributed by atoms with Crippen LogP contribution in [0.5, 0.6) is 0 Å². The van der Waals surface area contributed by atoms with Crippen LogP contribution < -0.4 is 5.73 Å². The lowest BCUT2D eigenvalue weighted by Crippen LogP contribution is -2.47. The normalized spacial score (nSPS) is 14.3. The fraction of sp³-hybridized carbons (Fsp3) is 0.750. The second-order valence-corrected chi connectivity index (χ2v) is 2.47. The van der Waals surface area contributed by atoms with Crippen molar-refractivity contribution >= 4 is 11.9 Å². The summed E-state index contributed by atoms with van der Waals surface area (Å²) in [5, 5.41) is 9.21. The van der Waals surface area contributed by atoms with Crippen LogP contribution in [0.2, 0.25) is 0 Å². The summed E-state index contributed by atoms with van der Waals surface area (Å²) in [6.45, 7) is 3.44. The summed E-state index contributed by atoms with van der Waals surface area (Å²) in [5.74, 6) is -1.75. The van der Waals surface area contributed by atoms with Crippen LogP contribution in [0.3, 0.4) is 0 Å². The number of carbonyl (C=O) groups excluding carboxylic acids is 2. The molecule has 0 rings (SSSR count). The number of ether oxygens (including phenoxy) is 2. The molecule has 0 spiro atoms. The van der Waals surface area contributed by atoms with Gasteiger partial charge >= 0.3 is 11.9 Å². The van der Waals surface area contributed by atoms with Gasteiger partial charge in [0.25, 0.3) is 0 Å². The maximum Gasteiger partial charge on any atom is 0.337 e. The molecule has 2 unspecified atom stereocenters. The summed E-state index contributed by atoms with van der Waals surface area (Å²) in [6, 6.07) is -1.39. The van der Waals surface area contributed by atoms with E-state index in [4.69, 9.17) is 5.73 Å². The minimum atomic E-state index is -1.67. The molecule has 3 N–H and O–H groups in total. The fourth-order valence-corrected chi connectivity index (χ4v) is 0.742. The first-order valence-corrected chi connectivity index (χ1v) is 4.31. The SMILES string of the molecule is CCOC(=O)C(N)C(O)C(=O)OCC. The molecular weight excluding hydrogens is 190 g/mol. The minimum absolute atomic E-state index is 0.117. The van der Waals surface area contributed by atoms with Gasteiger partial charge in [0.15, 0.2) is 6.10 Å². The Kier molecular flexibility index (Phi) is 5.82. The number of hydrogen-bond acceptors (Lipinski definition) is 6. The van der Waals surface area contributed by atoms with E-state index in [1.807, 2.05) is 0 Å². The largest absolute Gasteiger partial charge is 0.465 e. The third-order valence-corrected chi connectivity index (χ3v) is 1.43. The number of hydrogen-bond donors (Lipinski definition) is 2. The molecule has 0 aromatic rings. The van der Waals surface area contributed by atoms with E-state index in [1.54, 1.807) is 13.8 Å². The molecule has 0 radical (unpaired) electrons. The van der Waals surface area contributed by atoms with Gasteiger partial charge in [0.2, 0.25) is 0 Å². The van der Waals surface area contributed by atoms with Gasteiger partial charge in [0, 0.05) is 0 Å². The standard InChI is InChI=1S/C8H15NO5/c1-3-13-7(11)5(9)6(10)8(12)14-4-2/h5-6,10H,3-4,9H2,1-2H3. The van der Waals surface area contributed by atoms with E-state index in [2.05, 4.69) is 9.47 Å². The Labute approximate surface area is 82.0 Å². The average Bonchev–Trinajstić information content (AvgIpc) is 2.16. The molecule has 0 saturated heterocycles. The zero-order valence-corrected chi connectivity index (χ0v) is 8.23. The first-order valence-electron chi connectivity index (χ1n) is 4.31.